The molecule has 23 heteroatoms. The largest absolute Gasteiger partial charge is 0.850 e. The van der Waals surface area contributed by atoms with Gasteiger partial charge in [-0.05, 0) is 0 Å². The van der Waals surface area contributed by atoms with Gasteiger partial charge in [-0.3, -0.25) is 0 Å². The first kappa shape index (κ1) is 46.8. The molecule has 0 atom stereocenters. The van der Waals surface area contributed by atoms with Gasteiger partial charge in [0.1, 0.15) is 0 Å². The van der Waals surface area contributed by atoms with Gasteiger partial charge in [0.25, 0.3) is 0 Å². The Kier molecular flexibility index (Phi) is 45.6. The molecule has 146 valence electrons. The first-order valence-corrected chi connectivity index (χ1v) is 17.5. The van der Waals surface area contributed by atoms with Crippen molar-refractivity contribution in [3.63, 3.8) is 0 Å². The minimum Gasteiger partial charge on any atom is -0.850 e. The Morgan fingerprint density at radius 3 is 0.391 bits per heavy atom. The zero-order valence-electron chi connectivity index (χ0n) is 9.55. The maximum atomic E-state index is 9.29. The van der Waals surface area contributed by atoms with Crippen LogP contribution in [0.4, 0.5) is 0 Å². The second kappa shape index (κ2) is 22.4. The van der Waals surface area contributed by atoms with Gasteiger partial charge in [0.2, 0.25) is 0 Å². The van der Waals surface area contributed by atoms with Crippen LogP contribution >= 0.6 is 22.8 Å². The SMILES string of the molecule is [O-]P([O-])(=S)[S-].[O-]P([O-])(=S)[S-].[O-]P([O-])(=S)[S-].[O-]P([O-])(=S)[S-].[W].[W].[W]. The summed E-state index contributed by atoms with van der Waals surface area (Å²) in [6.45, 7) is 0. The molecule has 0 bridgehead atoms. The molecule has 0 aromatic heterocycles. The van der Waals surface area contributed by atoms with Crippen LogP contribution in [0.2, 0.25) is 0 Å². The molecule has 0 saturated heterocycles. The van der Waals surface area contributed by atoms with Crippen molar-refractivity contribution in [1.29, 1.82) is 0 Å². The summed E-state index contributed by atoms with van der Waals surface area (Å²) in [5, 5.41) is 0. The van der Waals surface area contributed by atoms with Crippen LogP contribution in [-0.4, -0.2) is 0 Å². The smallest absolute Gasteiger partial charge is 0 e. The number of rotatable bonds is 0. The second-order valence-corrected chi connectivity index (χ2v) is 19.7. The molecule has 0 aliphatic carbocycles. The summed E-state index contributed by atoms with van der Waals surface area (Å²) in [5.74, 6) is 0. The first-order chi connectivity index (χ1) is 8.00. The van der Waals surface area contributed by atoms with Crippen molar-refractivity contribution >= 4 is 119 Å². The van der Waals surface area contributed by atoms with Crippen LogP contribution in [0, 0.1) is 0 Å². The van der Waals surface area contributed by atoms with Gasteiger partial charge in [-0.2, -0.15) is 47.2 Å². The molecule has 0 radical (unpaired) electrons. The summed E-state index contributed by atoms with van der Waals surface area (Å²) < 4.78 is 0. The predicted molar refractivity (Wildman–Crippen MR) is 86.6 cm³/mol. The number of hydrogen-bond acceptors (Lipinski definition) is 16. The Morgan fingerprint density at radius 1 is 0.391 bits per heavy atom. The monoisotopic (exact) mass is 1060 g/mol. The zero-order chi connectivity index (χ0) is 18.0. The van der Waals surface area contributed by atoms with Crippen LogP contribution in [0.5, 0.6) is 0 Å². The van der Waals surface area contributed by atoms with Gasteiger partial charge >= 0.3 is 0 Å². The van der Waals surface area contributed by atoms with Crippen molar-refractivity contribution in [3.8, 4) is 0 Å². The van der Waals surface area contributed by atoms with Crippen molar-refractivity contribution in [1.82, 2.24) is 0 Å². The molecule has 0 aliphatic rings. The van der Waals surface area contributed by atoms with E-state index in [-0.39, 0.29) is 63.2 Å². The van der Waals surface area contributed by atoms with Crippen molar-refractivity contribution < 1.29 is 102 Å². The van der Waals surface area contributed by atoms with Gasteiger partial charge in [-0.15, -0.1) is 0 Å². The van der Waals surface area contributed by atoms with Gasteiger partial charge in [-0.1, -0.05) is 0 Å². The van der Waals surface area contributed by atoms with Gasteiger partial charge in [0.15, 0.2) is 0 Å². The van der Waals surface area contributed by atoms with Crippen molar-refractivity contribution in [2.45, 2.75) is 0 Å². The molecular weight excluding hydrogens is 1060 g/mol. The summed E-state index contributed by atoms with van der Waals surface area (Å²) >= 11 is 29.1. The molecule has 0 saturated carbocycles. The Bertz CT molecular complexity index is 308. The molecule has 0 rings (SSSR count). The number of hydrogen-bond donors (Lipinski definition) is 0. The summed E-state index contributed by atoms with van der Waals surface area (Å²) in [6, 6.07) is 0. The van der Waals surface area contributed by atoms with Crippen LogP contribution in [0.25, 0.3) is 0 Å². The van der Waals surface area contributed by atoms with E-state index < -0.39 is 22.8 Å². The van der Waals surface area contributed by atoms with E-state index >= 15 is 0 Å². The molecule has 0 aliphatic heterocycles. The topological polar surface area (TPSA) is 184 Å². The van der Waals surface area contributed by atoms with Gasteiger partial charge in [0.05, 0.1) is 0 Å². The molecular formula is O8P4S8W3-12. The van der Waals surface area contributed by atoms with Crippen LogP contribution < -0.4 is 39.1 Å². The molecule has 0 fully saturated rings. The minimum absolute atomic E-state index is 0. The Balaban J connectivity index is -0.0000000284. The van der Waals surface area contributed by atoms with Crippen LogP contribution in [0.1, 0.15) is 0 Å². The molecule has 0 N–H and O–H groups in total. The fraction of sp³-hybridized carbons (Fsp3) is 0. The predicted octanol–water partition coefficient (Wildman–Crippen LogP) is -6.09. The van der Waals surface area contributed by atoms with E-state index in [1.54, 1.807) is 0 Å². The quantitative estimate of drug-likeness (QED) is 0.165. The van der Waals surface area contributed by atoms with E-state index in [1.807, 2.05) is 0 Å². The van der Waals surface area contributed by atoms with Crippen molar-refractivity contribution in [2.24, 2.45) is 0 Å². The molecule has 0 unspecified atom stereocenters. The average Bonchev–Trinajstić information content (AvgIpc) is 1.62. The van der Waals surface area contributed by atoms with E-state index in [9.17, 15) is 39.1 Å². The van der Waals surface area contributed by atoms with Crippen LogP contribution in [-0.2, 0) is 159 Å². The van der Waals surface area contributed by atoms with E-state index in [2.05, 4.69) is 96.2 Å². The summed E-state index contributed by atoms with van der Waals surface area (Å²) in [4.78, 5) is 74.3. The van der Waals surface area contributed by atoms with Crippen LogP contribution in [0.15, 0.2) is 0 Å². The normalized spacial score (nSPS) is 10.3. The average molecular weight is 1060 g/mol. The first-order valence-electron chi connectivity index (χ1n) is 2.92. The van der Waals surface area contributed by atoms with Gasteiger partial charge < -0.3 is 111 Å². The second-order valence-electron chi connectivity index (χ2n) is 1.79. The van der Waals surface area contributed by atoms with E-state index in [0.29, 0.717) is 0 Å². The molecule has 0 spiro atoms. The fourth-order valence-electron chi connectivity index (χ4n) is 0. The third kappa shape index (κ3) is 557. The van der Waals surface area contributed by atoms with E-state index in [1.165, 1.54) is 0 Å². The van der Waals surface area contributed by atoms with E-state index in [4.69, 9.17) is 0 Å². The van der Waals surface area contributed by atoms with E-state index in [0.717, 1.165) is 0 Å². The maximum absolute atomic E-state index is 9.29. The maximum Gasteiger partial charge on any atom is 0 e. The third-order valence-corrected chi connectivity index (χ3v) is 0. The van der Waals surface area contributed by atoms with Crippen LogP contribution in [0.3, 0.4) is 0 Å². The Hall–Kier alpha value is 5.74. The fourth-order valence-corrected chi connectivity index (χ4v) is 0. The van der Waals surface area contributed by atoms with Gasteiger partial charge in [-0.25, -0.2) is 0 Å². The molecule has 0 heterocycles. The van der Waals surface area contributed by atoms with Gasteiger partial charge in [0, 0.05) is 63.2 Å². The molecule has 0 aromatic rings. The van der Waals surface area contributed by atoms with Crippen molar-refractivity contribution in [3.05, 3.63) is 0 Å². The Morgan fingerprint density at radius 2 is 0.391 bits per heavy atom. The third-order valence-electron chi connectivity index (χ3n) is 0. The summed E-state index contributed by atoms with van der Waals surface area (Å²) in [7, 11) is 0. The van der Waals surface area contributed by atoms with Crippen molar-refractivity contribution in [2.75, 3.05) is 0 Å². The summed E-state index contributed by atoms with van der Waals surface area (Å²) in [6.07, 6.45) is 0. The standard InChI is InChI=1S/4H3O2PS2.3W/c4*1-3(2,4)5;;;/h4*(H3,1,2,4,5);;;/p-12. The molecule has 0 amide bonds. The molecule has 23 heavy (non-hydrogen) atoms. The molecule has 0 aromatic carbocycles. The Labute approximate surface area is 218 Å². The minimum atomic E-state index is -3.72. The summed E-state index contributed by atoms with van der Waals surface area (Å²) in [5.41, 5.74) is -14.9. The zero-order valence-corrected chi connectivity index (χ0v) is 28.5. The molecule has 8 nitrogen and oxygen atoms in total.